The molecule has 1 amide bonds. The van der Waals surface area contributed by atoms with E-state index < -0.39 is 0 Å². The molecule has 0 heterocycles. The van der Waals surface area contributed by atoms with Gasteiger partial charge in [0.1, 0.15) is 0 Å². The SMILES string of the molecule is C/C=C/NC(=O)CCCCCN.Cl. The molecule has 0 aliphatic heterocycles. The van der Waals surface area contributed by atoms with Gasteiger partial charge in [-0.25, -0.2) is 0 Å². The van der Waals surface area contributed by atoms with Gasteiger partial charge in [0.25, 0.3) is 0 Å². The van der Waals surface area contributed by atoms with Gasteiger partial charge >= 0.3 is 0 Å². The van der Waals surface area contributed by atoms with Gasteiger partial charge in [-0.1, -0.05) is 12.5 Å². The standard InChI is InChI=1S/C9H18N2O.ClH/c1-2-8-11-9(12)6-4-3-5-7-10;/h2,8H,3-7,10H2,1H3,(H,11,12);1H/b8-2+;. The van der Waals surface area contributed by atoms with Gasteiger partial charge in [0.15, 0.2) is 0 Å². The number of carbonyl (C=O) groups excluding carboxylic acids is 1. The molecule has 0 aliphatic carbocycles. The zero-order valence-electron chi connectivity index (χ0n) is 8.08. The van der Waals surface area contributed by atoms with Gasteiger partial charge in [0, 0.05) is 6.42 Å². The van der Waals surface area contributed by atoms with E-state index >= 15 is 0 Å². The minimum atomic E-state index is 0. The maximum absolute atomic E-state index is 11.0. The average molecular weight is 207 g/mol. The summed E-state index contributed by atoms with van der Waals surface area (Å²) in [5, 5.41) is 2.66. The lowest BCUT2D eigenvalue weighted by molar-refractivity contribution is -0.120. The first kappa shape index (κ1) is 15.0. The summed E-state index contributed by atoms with van der Waals surface area (Å²) in [6.45, 7) is 2.59. The van der Waals surface area contributed by atoms with E-state index in [9.17, 15) is 4.79 Å². The fourth-order valence-corrected chi connectivity index (χ4v) is 0.855. The third kappa shape index (κ3) is 11.5. The van der Waals surface area contributed by atoms with E-state index in [0.29, 0.717) is 6.42 Å². The highest BCUT2D eigenvalue weighted by atomic mass is 35.5. The van der Waals surface area contributed by atoms with E-state index in [2.05, 4.69) is 5.32 Å². The highest BCUT2D eigenvalue weighted by Gasteiger charge is 1.96. The summed E-state index contributed by atoms with van der Waals surface area (Å²) in [7, 11) is 0. The number of unbranched alkanes of at least 4 members (excludes halogenated alkanes) is 2. The Hall–Kier alpha value is -0.540. The lowest BCUT2D eigenvalue weighted by Gasteiger charge is -1.98. The molecular weight excluding hydrogens is 188 g/mol. The third-order valence-electron chi connectivity index (χ3n) is 1.52. The summed E-state index contributed by atoms with van der Waals surface area (Å²) in [6, 6.07) is 0. The molecule has 0 fully saturated rings. The molecule has 78 valence electrons. The number of halogens is 1. The van der Waals surface area contributed by atoms with Crippen LogP contribution in [0.5, 0.6) is 0 Å². The second-order valence-electron chi connectivity index (χ2n) is 2.67. The molecule has 0 aromatic carbocycles. The molecule has 0 spiro atoms. The van der Waals surface area contributed by atoms with Crippen molar-refractivity contribution in [2.45, 2.75) is 32.6 Å². The van der Waals surface area contributed by atoms with Gasteiger partial charge in [-0.2, -0.15) is 0 Å². The Bertz CT molecular complexity index is 149. The highest BCUT2D eigenvalue weighted by molar-refractivity contribution is 5.85. The van der Waals surface area contributed by atoms with Crippen LogP contribution >= 0.6 is 12.4 Å². The minimum absolute atomic E-state index is 0. The predicted molar refractivity (Wildman–Crippen MR) is 57.7 cm³/mol. The molecule has 0 unspecified atom stereocenters. The van der Waals surface area contributed by atoms with Crippen molar-refractivity contribution in [2.75, 3.05) is 6.54 Å². The molecule has 0 radical (unpaired) electrons. The van der Waals surface area contributed by atoms with Crippen LogP contribution in [0.15, 0.2) is 12.3 Å². The van der Waals surface area contributed by atoms with Crippen LogP contribution in [0.2, 0.25) is 0 Å². The summed E-state index contributed by atoms with van der Waals surface area (Å²) in [5.41, 5.74) is 5.31. The number of allylic oxidation sites excluding steroid dienone is 1. The predicted octanol–water partition coefficient (Wildman–Crippen LogP) is 1.58. The van der Waals surface area contributed by atoms with Gasteiger partial charge in [-0.3, -0.25) is 4.79 Å². The van der Waals surface area contributed by atoms with E-state index in [4.69, 9.17) is 5.73 Å². The second kappa shape index (κ2) is 11.5. The first-order valence-corrected chi connectivity index (χ1v) is 4.42. The number of hydrogen-bond acceptors (Lipinski definition) is 2. The third-order valence-corrected chi connectivity index (χ3v) is 1.52. The number of nitrogens with one attached hydrogen (secondary N) is 1. The molecule has 0 bridgehead atoms. The number of carbonyl (C=O) groups is 1. The Morgan fingerprint density at radius 3 is 2.62 bits per heavy atom. The highest BCUT2D eigenvalue weighted by Crippen LogP contribution is 1.97. The molecule has 0 atom stereocenters. The van der Waals surface area contributed by atoms with Crippen molar-refractivity contribution < 1.29 is 4.79 Å². The van der Waals surface area contributed by atoms with Crippen LogP contribution in [-0.4, -0.2) is 12.5 Å². The quantitative estimate of drug-likeness (QED) is 0.649. The lowest BCUT2D eigenvalue weighted by atomic mass is 10.2. The average Bonchev–Trinajstić information content (AvgIpc) is 2.09. The van der Waals surface area contributed by atoms with E-state index in [0.717, 1.165) is 25.8 Å². The Kier molecular flexibility index (Phi) is 13.2. The van der Waals surface area contributed by atoms with Crippen molar-refractivity contribution in [3.63, 3.8) is 0 Å². The van der Waals surface area contributed by atoms with Crippen molar-refractivity contribution in [1.82, 2.24) is 5.32 Å². The zero-order chi connectivity index (χ0) is 9.23. The van der Waals surface area contributed by atoms with Gasteiger partial charge < -0.3 is 11.1 Å². The number of nitrogens with two attached hydrogens (primary N) is 1. The largest absolute Gasteiger partial charge is 0.333 e. The maximum Gasteiger partial charge on any atom is 0.223 e. The van der Waals surface area contributed by atoms with Crippen molar-refractivity contribution in [3.8, 4) is 0 Å². The lowest BCUT2D eigenvalue weighted by Crippen LogP contribution is -2.16. The molecule has 3 N–H and O–H groups in total. The Labute approximate surface area is 86.2 Å². The molecule has 0 saturated heterocycles. The molecule has 0 saturated carbocycles. The number of amides is 1. The van der Waals surface area contributed by atoms with Crippen molar-refractivity contribution in [2.24, 2.45) is 5.73 Å². The smallest absolute Gasteiger partial charge is 0.223 e. The summed E-state index contributed by atoms with van der Waals surface area (Å²) >= 11 is 0. The normalized spacial score (nSPS) is 9.69. The van der Waals surface area contributed by atoms with Crippen LogP contribution in [0.25, 0.3) is 0 Å². The molecule has 0 aromatic heterocycles. The molecular formula is C9H19ClN2O. The Morgan fingerprint density at radius 1 is 1.38 bits per heavy atom. The number of rotatable bonds is 6. The van der Waals surface area contributed by atoms with E-state index in [1.807, 2.05) is 6.92 Å². The van der Waals surface area contributed by atoms with E-state index in [-0.39, 0.29) is 18.3 Å². The van der Waals surface area contributed by atoms with Crippen molar-refractivity contribution in [3.05, 3.63) is 12.3 Å². The molecule has 4 heteroatoms. The molecule has 0 aromatic rings. The Balaban J connectivity index is 0. The second-order valence-corrected chi connectivity index (χ2v) is 2.67. The fourth-order valence-electron chi connectivity index (χ4n) is 0.855. The van der Waals surface area contributed by atoms with Crippen LogP contribution in [0.1, 0.15) is 32.6 Å². The van der Waals surface area contributed by atoms with Crippen LogP contribution < -0.4 is 11.1 Å². The monoisotopic (exact) mass is 206 g/mol. The molecule has 0 rings (SSSR count). The van der Waals surface area contributed by atoms with Gasteiger partial charge in [-0.05, 0) is 32.5 Å². The number of hydrogen-bond donors (Lipinski definition) is 2. The Morgan fingerprint density at radius 2 is 2.08 bits per heavy atom. The molecule has 13 heavy (non-hydrogen) atoms. The molecule has 3 nitrogen and oxygen atoms in total. The topological polar surface area (TPSA) is 55.1 Å². The van der Waals surface area contributed by atoms with Crippen LogP contribution in [0.4, 0.5) is 0 Å². The summed E-state index contributed by atoms with van der Waals surface area (Å²) in [4.78, 5) is 11.0. The summed E-state index contributed by atoms with van der Waals surface area (Å²) in [5.74, 6) is 0.0881. The van der Waals surface area contributed by atoms with Crippen LogP contribution in [0.3, 0.4) is 0 Å². The van der Waals surface area contributed by atoms with Gasteiger partial charge in [-0.15, -0.1) is 12.4 Å². The fraction of sp³-hybridized carbons (Fsp3) is 0.667. The molecule has 0 aliphatic rings. The summed E-state index contributed by atoms with van der Waals surface area (Å²) < 4.78 is 0. The first-order valence-electron chi connectivity index (χ1n) is 4.42. The zero-order valence-corrected chi connectivity index (χ0v) is 8.90. The van der Waals surface area contributed by atoms with Gasteiger partial charge in [0.2, 0.25) is 5.91 Å². The van der Waals surface area contributed by atoms with Crippen molar-refractivity contribution >= 4 is 18.3 Å². The van der Waals surface area contributed by atoms with Crippen LogP contribution in [0, 0.1) is 0 Å². The minimum Gasteiger partial charge on any atom is -0.333 e. The summed E-state index contributed by atoms with van der Waals surface area (Å²) in [6.07, 6.45) is 7.05. The van der Waals surface area contributed by atoms with E-state index in [1.54, 1.807) is 12.3 Å². The van der Waals surface area contributed by atoms with Crippen LogP contribution in [-0.2, 0) is 4.79 Å². The van der Waals surface area contributed by atoms with Crippen molar-refractivity contribution in [1.29, 1.82) is 0 Å². The maximum atomic E-state index is 11.0. The first-order chi connectivity index (χ1) is 5.81. The van der Waals surface area contributed by atoms with Gasteiger partial charge in [0.05, 0.1) is 0 Å². The van der Waals surface area contributed by atoms with E-state index in [1.165, 1.54) is 0 Å².